The molecule has 0 unspecified atom stereocenters. The third kappa shape index (κ3) is 1.35. The number of hydrogen-bond acceptors (Lipinski definition) is 3. The average molecular weight is 139 g/mol. The van der Waals surface area contributed by atoms with Crippen LogP contribution in [0, 0.1) is 5.41 Å². The normalized spacial score (nSPS) is 21.7. The van der Waals surface area contributed by atoms with Gasteiger partial charge < -0.3 is 0 Å². The van der Waals surface area contributed by atoms with Crippen molar-refractivity contribution < 1.29 is 0 Å². The minimum absolute atomic E-state index is 0.0759. The highest BCUT2D eigenvalue weighted by atomic mass is 15.6. The van der Waals surface area contributed by atoms with E-state index in [0.29, 0.717) is 0 Å². The standard InChI is InChI=1S/C7H13N3/c1-4-7(2)5-8-10(3)9-6-7/h5-6H,4H2,1-3H3. The molecule has 1 rings (SSSR count). The highest BCUT2D eigenvalue weighted by Crippen LogP contribution is 2.17. The predicted molar refractivity (Wildman–Crippen MR) is 43.1 cm³/mol. The van der Waals surface area contributed by atoms with Gasteiger partial charge in [-0.2, -0.15) is 15.3 Å². The van der Waals surface area contributed by atoms with E-state index in [4.69, 9.17) is 0 Å². The zero-order valence-electron chi connectivity index (χ0n) is 6.70. The summed E-state index contributed by atoms with van der Waals surface area (Å²) in [6.07, 6.45) is 4.91. The van der Waals surface area contributed by atoms with Crippen molar-refractivity contribution in [2.45, 2.75) is 20.3 Å². The molecule has 0 radical (unpaired) electrons. The Bertz CT molecular complexity index is 158. The Kier molecular flexibility index (Phi) is 1.74. The van der Waals surface area contributed by atoms with Gasteiger partial charge in [0, 0.05) is 24.9 Å². The van der Waals surface area contributed by atoms with Crippen LogP contribution in [0.4, 0.5) is 0 Å². The van der Waals surface area contributed by atoms with Gasteiger partial charge in [-0.3, -0.25) is 0 Å². The molecule has 1 heterocycles. The van der Waals surface area contributed by atoms with Gasteiger partial charge >= 0.3 is 0 Å². The van der Waals surface area contributed by atoms with Crippen molar-refractivity contribution in [1.82, 2.24) is 5.12 Å². The summed E-state index contributed by atoms with van der Waals surface area (Å²) in [6.45, 7) is 4.25. The highest BCUT2D eigenvalue weighted by molar-refractivity contribution is 5.89. The van der Waals surface area contributed by atoms with E-state index >= 15 is 0 Å². The molecule has 0 aromatic heterocycles. The van der Waals surface area contributed by atoms with Gasteiger partial charge in [0.1, 0.15) is 0 Å². The molecule has 10 heavy (non-hydrogen) atoms. The van der Waals surface area contributed by atoms with Gasteiger partial charge in [0.05, 0.1) is 0 Å². The first-order valence-corrected chi connectivity index (χ1v) is 3.50. The molecule has 0 atom stereocenters. The lowest BCUT2D eigenvalue weighted by molar-refractivity contribution is 0.360. The van der Waals surface area contributed by atoms with Gasteiger partial charge in [-0.05, 0) is 13.3 Å². The monoisotopic (exact) mass is 139 g/mol. The van der Waals surface area contributed by atoms with Crippen molar-refractivity contribution in [2.75, 3.05) is 7.05 Å². The molecule has 0 fully saturated rings. The first-order chi connectivity index (χ1) is 4.66. The molecule has 0 amide bonds. The summed E-state index contributed by atoms with van der Waals surface area (Å²) in [4.78, 5) is 0. The zero-order chi connectivity index (χ0) is 7.61. The van der Waals surface area contributed by atoms with Gasteiger partial charge in [0.2, 0.25) is 0 Å². The third-order valence-electron chi connectivity index (χ3n) is 1.80. The molecule has 0 aromatic carbocycles. The molecule has 1 aliphatic heterocycles. The Morgan fingerprint density at radius 1 is 1.40 bits per heavy atom. The molecular weight excluding hydrogens is 126 g/mol. The number of nitrogens with zero attached hydrogens (tertiary/aromatic N) is 3. The van der Waals surface area contributed by atoms with Crippen molar-refractivity contribution in [3.05, 3.63) is 0 Å². The summed E-state index contributed by atoms with van der Waals surface area (Å²) in [7, 11) is 1.82. The average Bonchev–Trinajstić information content (AvgIpc) is 1.96. The van der Waals surface area contributed by atoms with E-state index in [2.05, 4.69) is 24.1 Å². The van der Waals surface area contributed by atoms with Crippen LogP contribution in [-0.4, -0.2) is 24.6 Å². The van der Waals surface area contributed by atoms with Crippen LogP contribution in [0.1, 0.15) is 20.3 Å². The predicted octanol–water partition coefficient (Wildman–Crippen LogP) is 1.32. The smallest absolute Gasteiger partial charge is 0.0495 e. The van der Waals surface area contributed by atoms with Crippen LogP contribution in [0.5, 0.6) is 0 Å². The molecular formula is C7H13N3. The van der Waals surface area contributed by atoms with E-state index < -0.39 is 0 Å². The van der Waals surface area contributed by atoms with Gasteiger partial charge in [-0.1, -0.05) is 6.92 Å². The molecule has 0 N–H and O–H groups in total. The summed E-state index contributed by atoms with van der Waals surface area (Å²) < 4.78 is 0. The van der Waals surface area contributed by atoms with E-state index in [9.17, 15) is 0 Å². The van der Waals surface area contributed by atoms with Crippen LogP contribution in [-0.2, 0) is 0 Å². The topological polar surface area (TPSA) is 28.0 Å². The minimum atomic E-state index is 0.0759. The fraction of sp³-hybridized carbons (Fsp3) is 0.714. The van der Waals surface area contributed by atoms with Crippen molar-refractivity contribution in [3.8, 4) is 0 Å². The second-order valence-corrected chi connectivity index (χ2v) is 2.84. The van der Waals surface area contributed by atoms with Crippen LogP contribution in [0.3, 0.4) is 0 Å². The van der Waals surface area contributed by atoms with E-state index in [1.807, 2.05) is 19.5 Å². The zero-order valence-corrected chi connectivity index (χ0v) is 6.70. The molecule has 0 bridgehead atoms. The largest absolute Gasteiger partial charge is 0.189 e. The van der Waals surface area contributed by atoms with Crippen LogP contribution in [0.15, 0.2) is 10.2 Å². The van der Waals surface area contributed by atoms with E-state index in [-0.39, 0.29) is 5.41 Å². The Morgan fingerprint density at radius 2 is 1.90 bits per heavy atom. The van der Waals surface area contributed by atoms with Crippen molar-refractivity contribution in [2.24, 2.45) is 15.6 Å². The molecule has 3 nitrogen and oxygen atoms in total. The van der Waals surface area contributed by atoms with Gasteiger partial charge in [-0.15, -0.1) is 0 Å². The second-order valence-electron chi connectivity index (χ2n) is 2.84. The summed E-state index contributed by atoms with van der Waals surface area (Å²) in [5, 5.41) is 9.70. The molecule has 0 spiro atoms. The summed E-state index contributed by atoms with van der Waals surface area (Å²) in [5.74, 6) is 0. The number of rotatable bonds is 1. The van der Waals surface area contributed by atoms with Crippen molar-refractivity contribution >= 4 is 12.4 Å². The highest BCUT2D eigenvalue weighted by Gasteiger charge is 2.19. The first-order valence-electron chi connectivity index (χ1n) is 3.50. The number of hydrazone groups is 2. The Labute approximate surface area is 61.4 Å². The summed E-state index contributed by atoms with van der Waals surface area (Å²) in [6, 6.07) is 0. The molecule has 0 aromatic rings. The maximum absolute atomic E-state index is 4.06. The first kappa shape index (κ1) is 7.25. The summed E-state index contributed by atoms with van der Waals surface area (Å²) >= 11 is 0. The van der Waals surface area contributed by atoms with E-state index in [0.717, 1.165) is 6.42 Å². The van der Waals surface area contributed by atoms with Crippen LogP contribution < -0.4 is 0 Å². The maximum Gasteiger partial charge on any atom is 0.0495 e. The molecule has 0 saturated carbocycles. The lowest BCUT2D eigenvalue weighted by Crippen LogP contribution is -2.25. The summed E-state index contributed by atoms with van der Waals surface area (Å²) in [5.41, 5.74) is 0.0759. The van der Waals surface area contributed by atoms with Crippen LogP contribution >= 0.6 is 0 Å². The lowest BCUT2D eigenvalue weighted by atomic mass is 9.91. The molecule has 56 valence electrons. The molecule has 1 aliphatic rings. The van der Waals surface area contributed by atoms with E-state index in [1.54, 1.807) is 5.12 Å². The second kappa shape index (κ2) is 2.40. The Balaban J connectivity index is 2.69. The Morgan fingerprint density at radius 3 is 2.30 bits per heavy atom. The maximum atomic E-state index is 4.06. The van der Waals surface area contributed by atoms with Crippen molar-refractivity contribution in [3.63, 3.8) is 0 Å². The van der Waals surface area contributed by atoms with E-state index in [1.165, 1.54) is 0 Å². The minimum Gasteiger partial charge on any atom is -0.189 e. The van der Waals surface area contributed by atoms with Crippen LogP contribution in [0.2, 0.25) is 0 Å². The lowest BCUT2D eigenvalue weighted by Gasteiger charge is -2.22. The molecule has 0 saturated heterocycles. The third-order valence-corrected chi connectivity index (χ3v) is 1.80. The van der Waals surface area contributed by atoms with Gasteiger partial charge in [0.15, 0.2) is 0 Å². The fourth-order valence-corrected chi connectivity index (χ4v) is 0.677. The van der Waals surface area contributed by atoms with Gasteiger partial charge in [0.25, 0.3) is 0 Å². The Hall–Kier alpha value is -0.860. The molecule has 3 heteroatoms. The van der Waals surface area contributed by atoms with Crippen LogP contribution in [0.25, 0.3) is 0 Å². The number of hydrogen-bond donors (Lipinski definition) is 0. The fourth-order valence-electron chi connectivity index (χ4n) is 0.677. The van der Waals surface area contributed by atoms with Crippen molar-refractivity contribution in [1.29, 1.82) is 0 Å². The SMILES string of the molecule is CCC1(C)C=NN(C)N=C1. The molecule has 0 aliphatic carbocycles. The quantitative estimate of drug-likeness (QED) is 0.538. The van der Waals surface area contributed by atoms with Gasteiger partial charge in [-0.25, -0.2) is 0 Å².